The number of hydrogen-bond donors (Lipinski definition) is 2. The molecule has 0 saturated heterocycles. The highest BCUT2D eigenvalue weighted by Gasteiger charge is 2.30. The number of alkyl halides is 3. The first kappa shape index (κ1) is 22.8. The van der Waals surface area contributed by atoms with Crippen molar-refractivity contribution in [3.63, 3.8) is 0 Å². The van der Waals surface area contributed by atoms with Crippen molar-refractivity contribution in [3.8, 4) is 16.2 Å². The maximum absolute atomic E-state index is 14.0. The molecular weight excluding hydrogens is 436 g/mol. The number of thiophene rings is 1. The molecule has 2 N–H and O–H groups in total. The van der Waals surface area contributed by atoms with Crippen molar-refractivity contribution in [2.75, 3.05) is 6.61 Å². The van der Waals surface area contributed by atoms with Crippen LogP contribution < -0.4 is 4.74 Å². The highest BCUT2D eigenvalue weighted by molar-refractivity contribution is 7.15. The Morgan fingerprint density at radius 3 is 2.39 bits per heavy atom. The minimum atomic E-state index is -4.39. The molecule has 0 aliphatic heterocycles. The van der Waals surface area contributed by atoms with Crippen LogP contribution in [0.4, 0.5) is 17.6 Å². The molecule has 3 rings (SSSR count). The number of carboxylic acid groups (broad SMARTS) is 1. The second-order valence-electron chi connectivity index (χ2n) is 6.78. The third-order valence-electron chi connectivity index (χ3n) is 4.51. The van der Waals surface area contributed by atoms with E-state index < -0.39 is 36.2 Å². The first-order chi connectivity index (χ1) is 14.6. The van der Waals surface area contributed by atoms with Crippen molar-refractivity contribution in [2.45, 2.75) is 25.1 Å². The number of aliphatic hydroxyl groups is 1. The van der Waals surface area contributed by atoms with Gasteiger partial charge in [-0.25, -0.2) is 9.18 Å². The van der Waals surface area contributed by atoms with Crippen LogP contribution in [0.5, 0.6) is 5.75 Å². The number of carboxylic acids is 1. The number of benzene rings is 2. The van der Waals surface area contributed by atoms with Gasteiger partial charge in [-0.15, -0.1) is 11.3 Å². The molecule has 31 heavy (non-hydrogen) atoms. The van der Waals surface area contributed by atoms with Crippen LogP contribution in [0, 0.1) is 5.82 Å². The molecule has 0 bridgehead atoms. The zero-order valence-corrected chi connectivity index (χ0v) is 16.8. The molecule has 2 aromatic carbocycles. The molecule has 1 heterocycles. The fourth-order valence-electron chi connectivity index (χ4n) is 2.91. The van der Waals surface area contributed by atoms with Crippen LogP contribution in [0.3, 0.4) is 0 Å². The number of aliphatic hydroxyl groups excluding tert-OH is 1. The van der Waals surface area contributed by atoms with Gasteiger partial charge in [0.05, 0.1) is 11.7 Å². The van der Waals surface area contributed by atoms with Crippen LogP contribution in [0.15, 0.2) is 54.6 Å². The number of ether oxygens (including phenoxy) is 1. The summed E-state index contributed by atoms with van der Waals surface area (Å²) in [5, 5.41) is 19.0. The smallest absolute Gasteiger partial charge is 0.416 e. The molecule has 0 aliphatic rings. The lowest BCUT2D eigenvalue weighted by Crippen LogP contribution is -2.10. The van der Waals surface area contributed by atoms with Gasteiger partial charge in [0.15, 0.2) is 18.2 Å². The van der Waals surface area contributed by atoms with Crippen molar-refractivity contribution >= 4 is 17.3 Å². The molecule has 0 aliphatic carbocycles. The van der Waals surface area contributed by atoms with E-state index in [1.165, 1.54) is 35.6 Å². The minimum Gasteiger partial charge on any atom is -0.479 e. The maximum atomic E-state index is 14.0. The third kappa shape index (κ3) is 6.05. The quantitative estimate of drug-likeness (QED) is 0.429. The van der Waals surface area contributed by atoms with Crippen LogP contribution in [0.1, 0.15) is 28.5 Å². The first-order valence-corrected chi connectivity index (χ1v) is 10.0. The van der Waals surface area contributed by atoms with E-state index in [4.69, 9.17) is 9.84 Å². The molecule has 0 spiro atoms. The Morgan fingerprint density at radius 2 is 1.77 bits per heavy atom. The van der Waals surface area contributed by atoms with Gasteiger partial charge in [0.2, 0.25) is 0 Å². The summed E-state index contributed by atoms with van der Waals surface area (Å²) in [5.74, 6) is -2.06. The van der Waals surface area contributed by atoms with Crippen LogP contribution in [0.2, 0.25) is 0 Å². The van der Waals surface area contributed by atoms with Crippen molar-refractivity contribution in [1.82, 2.24) is 0 Å². The Bertz CT molecular complexity index is 1040. The molecule has 9 heteroatoms. The summed E-state index contributed by atoms with van der Waals surface area (Å²) in [5.41, 5.74) is 0.508. The molecular formula is C22H18F4O4S. The van der Waals surface area contributed by atoms with Gasteiger partial charge < -0.3 is 14.9 Å². The molecule has 164 valence electrons. The summed E-state index contributed by atoms with van der Waals surface area (Å²) in [7, 11) is 0. The standard InChI is InChI=1S/C22H18F4O4S/c23-16-11-13(2-8-18(16)30-12-21(28)29)1-7-17(27)20-10-9-19(31-20)14-3-5-15(6-4-14)22(24,25)26/h2-6,8-11,17,27H,1,7,12H2,(H,28,29). The van der Waals surface area contributed by atoms with Gasteiger partial charge in [0.1, 0.15) is 0 Å². The third-order valence-corrected chi connectivity index (χ3v) is 5.74. The number of rotatable bonds is 8. The van der Waals surface area contributed by atoms with Gasteiger partial charge >= 0.3 is 12.1 Å². The van der Waals surface area contributed by atoms with E-state index in [-0.39, 0.29) is 5.75 Å². The summed E-state index contributed by atoms with van der Waals surface area (Å²) < 4.78 is 56.9. The van der Waals surface area contributed by atoms with E-state index in [2.05, 4.69) is 0 Å². The predicted octanol–water partition coefficient (Wildman–Crippen LogP) is 5.70. The largest absolute Gasteiger partial charge is 0.479 e. The van der Waals surface area contributed by atoms with E-state index >= 15 is 0 Å². The molecule has 1 aromatic heterocycles. The Hall–Kier alpha value is -2.91. The molecule has 1 atom stereocenters. The lowest BCUT2D eigenvalue weighted by atomic mass is 10.1. The fraction of sp³-hybridized carbons (Fsp3) is 0.227. The van der Waals surface area contributed by atoms with Gasteiger partial charge in [0.25, 0.3) is 0 Å². The molecule has 1 unspecified atom stereocenters. The summed E-state index contributed by atoms with van der Waals surface area (Å²) in [6.45, 7) is -0.644. The number of carbonyl (C=O) groups is 1. The highest BCUT2D eigenvalue weighted by Crippen LogP contribution is 2.35. The maximum Gasteiger partial charge on any atom is 0.416 e. The van der Waals surface area contributed by atoms with Crippen LogP contribution in [-0.2, 0) is 17.4 Å². The second kappa shape index (κ2) is 9.49. The number of halogens is 4. The highest BCUT2D eigenvalue weighted by atomic mass is 32.1. The zero-order chi connectivity index (χ0) is 22.6. The van der Waals surface area contributed by atoms with Crippen LogP contribution in [-0.4, -0.2) is 22.8 Å². The number of aliphatic carboxylic acids is 1. The van der Waals surface area contributed by atoms with Gasteiger partial charge in [0, 0.05) is 9.75 Å². The Morgan fingerprint density at radius 1 is 1.06 bits per heavy atom. The van der Waals surface area contributed by atoms with Gasteiger partial charge in [-0.1, -0.05) is 18.2 Å². The number of hydrogen-bond acceptors (Lipinski definition) is 4. The van der Waals surface area contributed by atoms with Crippen molar-refractivity contribution < 1.29 is 37.3 Å². The second-order valence-corrected chi connectivity index (χ2v) is 7.89. The predicted molar refractivity (Wildman–Crippen MR) is 108 cm³/mol. The molecule has 0 amide bonds. The first-order valence-electron chi connectivity index (χ1n) is 9.22. The molecule has 0 fully saturated rings. The van der Waals surface area contributed by atoms with Gasteiger partial charge in [-0.3, -0.25) is 0 Å². The molecule has 0 radical (unpaired) electrons. The van der Waals surface area contributed by atoms with E-state index in [1.807, 2.05) is 0 Å². The Labute approximate surface area is 179 Å². The molecule has 4 nitrogen and oxygen atoms in total. The Balaban J connectivity index is 1.60. The van der Waals surface area contributed by atoms with Crippen LogP contribution in [0.25, 0.3) is 10.4 Å². The SMILES string of the molecule is O=C(O)COc1ccc(CCC(O)c2ccc(-c3ccc(C(F)(F)F)cc3)s2)cc1F. The van der Waals surface area contributed by atoms with Gasteiger partial charge in [-0.05, 0) is 60.4 Å². The van der Waals surface area contributed by atoms with E-state index in [9.17, 15) is 27.5 Å². The fourth-order valence-corrected chi connectivity index (χ4v) is 3.95. The van der Waals surface area contributed by atoms with Gasteiger partial charge in [-0.2, -0.15) is 13.2 Å². The average molecular weight is 454 g/mol. The van der Waals surface area contributed by atoms with Crippen molar-refractivity contribution in [3.05, 3.63) is 76.4 Å². The van der Waals surface area contributed by atoms with Crippen molar-refractivity contribution in [2.24, 2.45) is 0 Å². The molecule has 3 aromatic rings. The minimum absolute atomic E-state index is 0.161. The summed E-state index contributed by atoms with van der Waals surface area (Å²) in [6, 6.07) is 12.4. The van der Waals surface area contributed by atoms with E-state index in [1.54, 1.807) is 18.2 Å². The summed E-state index contributed by atoms with van der Waals surface area (Å²) >= 11 is 1.28. The van der Waals surface area contributed by atoms with E-state index in [0.29, 0.717) is 28.8 Å². The summed E-state index contributed by atoms with van der Waals surface area (Å²) in [6.07, 6.45) is -4.54. The topological polar surface area (TPSA) is 66.8 Å². The summed E-state index contributed by atoms with van der Waals surface area (Å²) in [4.78, 5) is 11.9. The lowest BCUT2D eigenvalue weighted by molar-refractivity contribution is -0.139. The zero-order valence-electron chi connectivity index (χ0n) is 16.0. The Kier molecular flexibility index (Phi) is 6.97. The van der Waals surface area contributed by atoms with Crippen molar-refractivity contribution in [1.29, 1.82) is 0 Å². The molecule has 0 saturated carbocycles. The lowest BCUT2D eigenvalue weighted by Gasteiger charge is -2.10. The normalized spacial score (nSPS) is 12.5. The number of aryl methyl sites for hydroxylation is 1. The average Bonchev–Trinajstić information content (AvgIpc) is 3.21. The van der Waals surface area contributed by atoms with Crippen LogP contribution >= 0.6 is 11.3 Å². The monoisotopic (exact) mass is 454 g/mol. The van der Waals surface area contributed by atoms with E-state index in [0.717, 1.165) is 17.0 Å².